The van der Waals surface area contributed by atoms with Crippen LogP contribution in [0.1, 0.15) is 5.01 Å². The van der Waals surface area contributed by atoms with Gasteiger partial charge in [-0.3, -0.25) is 0 Å². The first kappa shape index (κ1) is 18.4. The average molecular weight is 381 g/mol. The van der Waals surface area contributed by atoms with Crippen molar-refractivity contribution in [3.63, 3.8) is 0 Å². The van der Waals surface area contributed by atoms with Gasteiger partial charge in [0.2, 0.25) is 0 Å². The Labute approximate surface area is 160 Å². The molecule has 136 valence electrons. The molecule has 27 heavy (non-hydrogen) atoms. The van der Waals surface area contributed by atoms with Crippen molar-refractivity contribution in [2.24, 2.45) is 0 Å². The van der Waals surface area contributed by atoms with Crippen molar-refractivity contribution in [1.82, 2.24) is 4.98 Å². The van der Waals surface area contributed by atoms with Crippen LogP contribution in [0.3, 0.4) is 0 Å². The number of anilines is 1. The molecule has 0 bridgehead atoms. The summed E-state index contributed by atoms with van der Waals surface area (Å²) in [5, 5.41) is 15.0. The van der Waals surface area contributed by atoms with E-state index in [-0.39, 0.29) is 5.82 Å². The van der Waals surface area contributed by atoms with Crippen LogP contribution in [0.5, 0.6) is 11.5 Å². The second kappa shape index (κ2) is 8.34. The molecule has 1 heterocycles. The Morgan fingerprint density at radius 3 is 2.63 bits per heavy atom. The first-order valence-corrected chi connectivity index (χ1v) is 8.83. The predicted molar refractivity (Wildman–Crippen MR) is 104 cm³/mol. The van der Waals surface area contributed by atoms with Gasteiger partial charge in [-0.15, -0.1) is 11.3 Å². The van der Waals surface area contributed by atoms with Gasteiger partial charge in [0.05, 0.1) is 25.6 Å². The van der Waals surface area contributed by atoms with E-state index in [2.05, 4.69) is 16.4 Å². The van der Waals surface area contributed by atoms with Crippen molar-refractivity contribution in [1.29, 1.82) is 5.26 Å². The zero-order valence-electron chi connectivity index (χ0n) is 14.7. The fourth-order valence-corrected chi connectivity index (χ4v) is 3.15. The minimum Gasteiger partial charge on any atom is -0.497 e. The maximum absolute atomic E-state index is 13.1. The number of nitrogens with zero attached hydrogens (tertiary/aromatic N) is 2. The van der Waals surface area contributed by atoms with Gasteiger partial charge in [0.1, 0.15) is 34.0 Å². The molecule has 0 fully saturated rings. The van der Waals surface area contributed by atoms with Crippen LogP contribution in [0.15, 0.2) is 54.0 Å². The molecular formula is C20H16FN3O2S. The highest BCUT2D eigenvalue weighted by Gasteiger charge is 2.10. The summed E-state index contributed by atoms with van der Waals surface area (Å²) in [5.41, 5.74) is 2.56. The molecule has 0 unspecified atom stereocenters. The third-order valence-electron chi connectivity index (χ3n) is 3.78. The summed E-state index contributed by atoms with van der Waals surface area (Å²) >= 11 is 1.35. The Hall–Kier alpha value is -3.37. The summed E-state index contributed by atoms with van der Waals surface area (Å²) in [5.74, 6) is 0.962. The first-order chi connectivity index (χ1) is 13.1. The molecule has 1 N–H and O–H groups in total. The average Bonchev–Trinajstić information content (AvgIpc) is 3.19. The number of hydrogen-bond donors (Lipinski definition) is 1. The van der Waals surface area contributed by atoms with E-state index in [1.165, 1.54) is 23.5 Å². The third kappa shape index (κ3) is 4.25. The highest BCUT2D eigenvalue weighted by molar-refractivity contribution is 7.11. The van der Waals surface area contributed by atoms with Crippen molar-refractivity contribution in [2.45, 2.75) is 0 Å². The molecule has 0 atom stereocenters. The van der Waals surface area contributed by atoms with E-state index < -0.39 is 0 Å². The Kier molecular flexibility index (Phi) is 5.69. The SMILES string of the molecule is COc1ccc(N/C=C(/C#N)c2nc(-c3ccc(F)cc3)cs2)c(OC)c1. The summed E-state index contributed by atoms with van der Waals surface area (Å²) in [6.45, 7) is 0. The lowest BCUT2D eigenvalue weighted by atomic mass is 10.2. The van der Waals surface area contributed by atoms with Gasteiger partial charge in [-0.05, 0) is 36.4 Å². The van der Waals surface area contributed by atoms with E-state index in [4.69, 9.17) is 9.47 Å². The van der Waals surface area contributed by atoms with Crippen molar-refractivity contribution < 1.29 is 13.9 Å². The molecule has 0 aliphatic rings. The van der Waals surface area contributed by atoms with E-state index in [0.29, 0.717) is 33.5 Å². The fraction of sp³-hybridized carbons (Fsp3) is 0.100. The number of benzene rings is 2. The Morgan fingerprint density at radius 2 is 1.96 bits per heavy atom. The second-order valence-electron chi connectivity index (χ2n) is 5.43. The van der Waals surface area contributed by atoms with Crippen LogP contribution in [0.2, 0.25) is 0 Å². The van der Waals surface area contributed by atoms with E-state index in [0.717, 1.165) is 5.56 Å². The topological polar surface area (TPSA) is 67.2 Å². The van der Waals surface area contributed by atoms with Gasteiger partial charge in [-0.1, -0.05) is 0 Å². The molecule has 1 aromatic heterocycles. The lowest BCUT2D eigenvalue weighted by molar-refractivity contribution is 0.395. The van der Waals surface area contributed by atoms with Crippen molar-refractivity contribution in [2.75, 3.05) is 19.5 Å². The number of rotatable bonds is 6. The summed E-state index contributed by atoms with van der Waals surface area (Å²) < 4.78 is 23.6. The van der Waals surface area contributed by atoms with E-state index >= 15 is 0 Å². The molecule has 3 aromatic rings. The summed E-state index contributed by atoms with van der Waals surface area (Å²) in [4.78, 5) is 4.48. The quantitative estimate of drug-likeness (QED) is 0.613. The van der Waals surface area contributed by atoms with Gasteiger partial charge in [-0.25, -0.2) is 9.37 Å². The Bertz CT molecular complexity index is 1010. The highest BCUT2D eigenvalue weighted by atomic mass is 32.1. The lowest BCUT2D eigenvalue weighted by Crippen LogP contribution is -1.95. The van der Waals surface area contributed by atoms with Crippen molar-refractivity contribution in [3.8, 4) is 28.8 Å². The van der Waals surface area contributed by atoms with E-state index in [1.807, 2.05) is 5.38 Å². The van der Waals surface area contributed by atoms with Gasteiger partial charge in [-0.2, -0.15) is 5.26 Å². The molecule has 7 heteroatoms. The summed E-state index contributed by atoms with van der Waals surface area (Å²) in [7, 11) is 3.14. The number of nitrogens with one attached hydrogen (secondary N) is 1. The number of methoxy groups -OCH3 is 2. The third-order valence-corrected chi connectivity index (χ3v) is 4.65. The smallest absolute Gasteiger partial charge is 0.145 e. The zero-order chi connectivity index (χ0) is 19.2. The van der Waals surface area contributed by atoms with E-state index in [9.17, 15) is 9.65 Å². The van der Waals surface area contributed by atoms with Gasteiger partial charge in [0.15, 0.2) is 0 Å². The highest BCUT2D eigenvalue weighted by Crippen LogP contribution is 2.30. The van der Waals surface area contributed by atoms with E-state index in [1.54, 1.807) is 50.8 Å². The molecule has 0 saturated heterocycles. The number of nitriles is 1. The molecule has 0 saturated carbocycles. The molecule has 0 aliphatic heterocycles. The molecular weight excluding hydrogens is 365 g/mol. The van der Waals surface area contributed by atoms with Crippen LogP contribution in [-0.4, -0.2) is 19.2 Å². The largest absolute Gasteiger partial charge is 0.497 e. The number of halogens is 1. The standard InChI is InChI=1S/C20H16FN3O2S/c1-25-16-7-8-17(19(9-16)26-2)23-11-14(10-22)20-24-18(12-27-20)13-3-5-15(21)6-4-13/h3-9,11-12,23H,1-2H3/b14-11-. The van der Waals surface area contributed by atoms with Gasteiger partial charge < -0.3 is 14.8 Å². The fourth-order valence-electron chi connectivity index (χ4n) is 2.36. The Morgan fingerprint density at radius 1 is 1.19 bits per heavy atom. The second-order valence-corrected chi connectivity index (χ2v) is 6.28. The van der Waals surface area contributed by atoms with Crippen LogP contribution in [0.4, 0.5) is 10.1 Å². The van der Waals surface area contributed by atoms with Gasteiger partial charge in [0, 0.05) is 23.2 Å². The zero-order valence-corrected chi connectivity index (χ0v) is 15.5. The summed E-state index contributed by atoms with van der Waals surface area (Å²) in [6, 6.07) is 13.6. The Balaban J connectivity index is 1.83. The number of allylic oxidation sites excluding steroid dienone is 1. The molecule has 2 aromatic carbocycles. The number of aromatic nitrogens is 1. The van der Waals surface area contributed by atoms with Crippen LogP contribution < -0.4 is 14.8 Å². The van der Waals surface area contributed by atoms with Crippen LogP contribution in [-0.2, 0) is 0 Å². The molecule has 0 aliphatic carbocycles. The molecule has 0 spiro atoms. The molecule has 0 amide bonds. The molecule has 0 radical (unpaired) electrons. The van der Waals surface area contributed by atoms with Crippen molar-refractivity contribution >= 4 is 22.6 Å². The minimum atomic E-state index is -0.301. The maximum Gasteiger partial charge on any atom is 0.145 e. The van der Waals surface area contributed by atoms with Gasteiger partial charge >= 0.3 is 0 Å². The predicted octanol–water partition coefficient (Wildman–Crippen LogP) is 4.94. The first-order valence-electron chi connectivity index (χ1n) is 7.95. The number of ether oxygens (including phenoxy) is 2. The van der Waals surface area contributed by atoms with Crippen LogP contribution in [0.25, 0.3) is 16.8 Å². The van der Waals surface area contributed by atoms with Crippen molar-refractivity contribution in [3.05, 3.63) is 64.9 Å². The molecule has 5 nitrogen and oxygen atoms in total. The minimum absolute atomic E-state index is 0.301. The number of hydrogen-bond acceptors (Lipinski definition) is 6. The normalized spacial score (nSPS) is 11.0. The van der Waals surface area contributed by atoms with Crippen LogP contribution >= 0.6 is 11.3 Å². The van der Waals surface area contributed by atoms with Gasteiger partial charge in [0.25, 0.3) is 0 Å². The lowest BCUT2D eigenvalue weighted by Gasteiger charge is -2.10. The number of thiazole rings is 1. The monoisotopic (exact) mass is 381 g/mol. The maximum atomic E-state index is 13.1. The van der Waals surface area contributed by atoms with Crippen LogP contribution in [0, 0.1) is 17.1 Å². The summed E-state index contributed by atoms with van der Waals surface area (Å²) in [6.07, 6.45) is 1.58. The molecule has 3 rings (SSSR count).